The summed E-state index contributed by atoms with van der Waals surface area (Å²) in [6.07, 6.45) is 3.70. The number of nitrogens with two attached hydrogens (primary N) is 1. The van der Waals surface area contributed by atoms with Gasteiger partial charge in [0.05, 0.1) is 24.2 Å². The van der Waals surface area contributed by atoms with Crippen LogP contribution in [0.2, 0.25) is 0 Å². The molecule has 0 radical (unpaired) electrons. The highest BCUT2D eigenvalue weighted by molar-refractivity contribution is 6.07. The van der Waals surface area contributed by atoms with Crippen molar-refractivity contribution in [3.8, 4) is 5.75 Å². The largest absolute Gasteiger partial charge is 0.497 e. The zero-order valence-electron chi connectivity index (χ0n) is 15.0. The summed E-state index contributed by atoms with van der Waals surface area (Å²) in [7, 11) is 1.67. The number of benzene rings is 2. The molecule has 2 aromatic carbocycles. The van der Waals surface area contributed by atoms with Crippen molar-refractivity contribution in [1.29, 1.82) is 0 Å². The third-order valence-electron chi connectivity index (χ3n) is 4.44. The summed E-state index contributed by atoms with van der Waals surface area (Å²) in [6, 6.07) is 15.6. The molecular weight excluding hydrogens is 326 g/mol. The Morgan fingerprint density at radius 3 is 2.77 bits per heavy atom. The van der Waals surface area contributed by atoms with Gasteiger partial charge in [-0.05, 0) is 36.2 Å². The lowest BCUT2D eigenvalue weighted by atomic mass is 10.0. The number of methoxy groups -OCH3 is 1. The molecule has 0 aliphatic rings. The van der Waals surface area contributed by atoms with Gasteiger partial charge in [-0.2, -0.15) is 0 Å². The van der Waals surface area contributed by atoms with Crippen LogP contribution in [0.25, 0.3) is 10.9 Å². The number of pyridine rings is 1. The standard InChI is InChI=1S/C21H23N3O2/c1-3-6-18(14-7-4-8-15(13-14)26-2)24-19-11-12-23-20-16(19)9-5-10-17(20)21(22)25/h4-5,7-13,18H,3,6H2,1-2H3,(H2,22,25)(H,23,24)/t18-/m1/s1. The van der Waals surface area contributed by atoms with Gasteiger partial charge in [-0.3, -0.25) is 9.78 Å². The summed E-state index contributed by atoms with van der Waals surface area (Å²) < 4.78 is 5.36. The molecule has 1 atom stereocenters. The van der Waals surface area contributed by atoms with Gasteiger partial charge in [0.15, 0.2) is 0 Å². The molecule has 3 aromatic rings. The summed E-state index contributed by atoms with van der Waals surface area (Å²) in [6.45, 7) is 2.16. The van der Waals surface area contributed by atoms with Crippen LogP contribution in [0.4, 0.5) is 5.69 Å². The van der Waals surface area contributed by atoms with E-state index in [4.69, 9.17) is 10.5 Å². The first kappa shape index (κ1) is 17.7. The second-order valence-corrected chi connectivity index (χ2v) is 6.19. The van der Waals surface area contributed by atoms with E-state index in [9.17, 15) is 4.79 Å². The number of carbonyl (C=O) groups excluding carboxylic acids is 1. The maximum Gasteiger partial charge on any atom is 0.250 e. The number of primary amides is 1. The topological polar surface area (TPSA) is 77.2 Å². The highest BCUT2D eigenvalue weighted by Crippen LogP contribution is 2.31. The van der Waals surface area contributed by atoms with Crippen molar-refractivity contribution in [2.75, 3.05) is 12.4 Å². The molecule has 0 unspecified atom stereocenters. The fourth-order valence-electron chi connectivity index (χ4n) is 3.16. The molecule has 0 spiro atoms. The number of amides is 1. The summed E-state index contributed by atoms with van der Waals surface area (Å²) in [5.74, 6) is 0.360. The Morgan fingerprint density at radius 2 is 2.04 bits per heavy atom. The normalized spacial score (nSPS) is 11.9. The van der Waals surface area contributed by atoms with E-state index in [1.165, 1.54) is 0 Å². The van der Waals surface area contributed by atoms with Crippen molar-refractivity contribution in [3.63, 3.8) is 0 Å². The Kier molecular flexibility index (Phi) is 5.37. The summed E-state index contributed by atoms with van der Waals surface area (Å²) in [5, 5.41) is 4.49. The van der Waals surface area contributed by atoms with Crippen LogP contribution in [0.5, 0.6) is 5.75 Å². The molecule has 1 heterocycles. The van der Waals surface area contributed by atoms with Gasteiger partial charge in [-0.25, -0.2) is 0 Å². The average Bonchev–Trinajstić information content (AvgIpc) is 2.67. The van der Waals surface area contributed by atoms with Gasteiger partial charge in [0.25, 0.3) is 5.91 Å². The van der Waals surface area contributed by atoms with E-state index in [0.717, 1.165) is 35.2 Å². The number of aromatic nitrogens is 1. The highest BCUT2D eigenvalue weighted by atomic mass is 16.5. The van der Waals surface area contributed by atoms with Gasteiger partial charge >= 0.3 is 0 Å². The Hall–Kier alpha value is -3.08. The maximum absolute atomic E-state index is 11.7. The molecule has 134 valence electrons. The molecule has 0 saturated carbocycles. The Morgan fingerprint density at radius 1 is 1.23 bits per heavy atom. The number of ether oxygens (including phenoxy) is 1. The molecule has 1 amide bonds. The first-order valence-corrected chi connectivity index (χ1v) is 8.72. The van der Waals surface area contributed by atoms with Gasteiger partial charge in [0.1, 0.15) is 5.75 Å². The number of rotatable bonds is 7. The molecule has 5 nitrogen and oxygen atoms in total. The third kappa shape index (κ3) is 3.61. The molecule has 5 heteroatoms. The lowest BCUT2D eigenvalue weighted by molar-refractivity contribution is 0.100. The van der Waals surface area contributed by atoms with E-state index in [-0.39, 0.29) is 6.04 Å². The van der Waals surface area contributed by atoms with E-state index in [0.29, 0.717) is 11.1 Å². The number of hydrogen-bond acceptors (Lipinski definition) is 4. The van der Waals surface area contributed by atoms with Crippen molar-refractivity contribution >= 4 is 22.5 Å². The molecular formula is C21H23N3O2. The number of fused-ring (bicyclic) bond motifs is 1. The number of nitrogens with one attached hydrogen (secondary N) is 1. The van der Waals surface area contributed by atoms with Crippen molar-refractivity contribution < 1.29 is 9.53 Å². The Labute approximate surface area is 153 Å². The molecule has 0 bridgehead atoms. The molecule has 3 rings (SSSR count). The van der Waals surface area contributed by atoms with Crippen LogP contribution in [-0.2, 0) is 0 Å². The van der Waals surface area contributed by atoms with Gasteiger partial charge in [-0.15, -0.1) is 0 Å². The molecule has 0 saturated heterocycles. The second-order valence-electron chi connectivity index (χ2n) is 6.19. The maximum atomic E-state index is 11.7. The number of nitrogens with zero attached hydrogens (tertiary/aromatic N) is 1. The monoisotopic (exact) mass is 349 g/mol. The SMILES string of the molecule is CCC[C@@H](Nc1ccnc2c(C(N)=O)cccc12)c1cccc(OC)c1. The van der Waals surface area contributed by atoms with Crippen LogP contribution in [-0.4, -0.2) is 18.0 Å². The minimum absolute atomic E-state index is 0.123. The third-order valence-corrected chi connectivity index (χ3v) is 4.44. The van der Waals surface area contributed by atoms with Crippen LogP contribution >= 0.6 is 0 Å². The molecule has 0 fully saturated rings. The van der Waals surface area contributed by atoms with Gasteiger partial charge in [0.2, 0.25) is 0 Å². The predicted octanol–water partition coefficient (Wildman–Crippen LogP) is 4.30. The van der Waals surface area contributed by atoms with Crippen LogP contribution in [0.15, 0.2) is 54.7 Å². The molecule has 3 N–H and O–H groups in total. The van der Waals surface area contributed by atoms with Crippen molar-refractivity contribution in [2.45, 2.75) is 25.8 Å². The minimum atomic E-state index is -0.474. The summed E-state index contributed by atoms with van der Waals surface area (Å²) >= 11 is 0. The van der Waals surface area contributed by atoms with Crippen LogP contribution in [0, 0.1) is 0 Å². The molecule has 1 aromatic heterocycles. The summed E-state index contributed by atoms with van der Waals surface area (Å²) in [4.78, 5) is 16.0. The first-order chi connectivity index (χ1) is 12.6. The molecule has 0 aliphatic heterocycles. The fraction of sp³-hybridized carbons (Fsp3) is 0.238. The smallest absolute Gasteiger partial charge is 0.250 e. The van der Waals surface area contributed by atoms with Crippen molar-refractivity contribution in [2.24, 2.45) is 5.73 Å². The van der Waals surface area contributed by atoms with E-state index in [1.807, 2.05) is 36.4 Å². The van der Waals surface area contributed by atoms with E-state index < -0.39 is 5.91 Å². The van der Waals surface area contributed by atoms with E-state index in [1.54, 1.807) is 19.4 Å². The average molecular weight is 349 g/mol. The Bertz CT molecular complexity index is 924. The molecule has 26 heavy (non-hydrogen) atoms. The number of para-hydroxylation sites is 1. The first-order valence-electron chi connectivity index (χ1n) is 8.72. The van der Waals surface area contributed by atoms with Crippen LogP contribution in [0.3, 0.4) is 0 Å². The highest BCUT2D eigenvalue weighted by Gasteiger charge is 2.15. The predicted molar refractivity (Wildman–Crippen MR) is 105 cm³/mol. The lowest BCUT2D eigenvalue weighted by Crippen LogP contribution is -2.13. The number of hydrogen-bond donors (Lipinski definition) is 2. The summed E-state index contributed by atoms with van der Waals surface area (Å²) in [5.41, 5.74) is 8.62. The zero-order valence-corrected chi connectivity index (χ0v) is 15.0. The van der Waals surface area contributed by atoms with Gasteiger partial charge < -0.3 is 15.8 Å². The van der Waals surface area contributed by atoms with Crippen molar-refractivity contribution in [1.82, 2.24) is 4.98 Å². The van der Waals surface area contributed by atoms with Gasteiger partial charge in [0, 0.05) is 17.3 Å². The second kappa shape index (κ2) is 7.87. The lowest BCUT2D eigenvalue weighted by Gasteiger charge is -2.21. The number of anilines is 1. The van der Waals surface area contributed by atoms with Crippen LogP contribution in [0.1, 0.15) is 41.7 Å². The minimum Gasteiger partial charge on any atom is -0.497 e. The van der Waals surface area contributed by atoms with E-state index >= 15 is 0 Å². The zero-order chi connectivity index (χ0) is 18.5. The van der Waals surface area contributed by atoms with E-state index in [2.05, 4.69) is 23.3 Å². The van der Waals surface area contributed by atoms with Crippen LogP contribution < -0.4 is 15.8 Å². The van der Waals surface area contributed by atoms with Gasteiger partial charge in [-0.1, -0.05) is 37.6 Å². The fourth-order valence-corrected chi connectivity index (χ4v) is 3.16. The van der Waals surface area contributed by atoms with Crippen molar-refractivity contribution in [3.05, 3.63) is 65.9 Å². The molecule has 0 aliphatic carbocycles. The Balaban J connectivity index is 2.02. The quantitative estimate of drug-likeness (QED) is 0.667. The number of carbonyl (C=O) groups is 1.